The van der Waals surface area contributed by atoms with E-state index in [-0.39, 0.29) is 24.2 Å². The number of halogens is 1. The second kappa shape index (κ2) is 8.57. The molecule has 2 N–H and O–H groups in total. The molecule has 0 spiro atoms. The van der Waals surface area contributed by atoms with Crippen LogP contribution in [0.2, 0.25) is 0 Å². The highest BCUT2D eigenvalue weighted by molar-refractivity contribution is 5.81. The van der Waals surface area contributed by atoms with Gasteiger partial charge in [-0.25, -0.2) is 9.07 Å². The van der Waals surface area contributed by atoms with Crippen LogP contribution in [0.5, 0.6) is 0 Å². The highest BCUT2D eigenvalue weighted by atomic mass is 19.1. The second-order valence-electron chi connectivity index (χ2n) is 7.61. The van der Waals surface area contributed by atoms with Gasteiger partial charge in [0.1, 0.15) is 5.82 Å². The van der Waals surface area contributed by atoms with E-state index in [1.807, 2.05) is 36.5 Å². The van der Waals surface area contributed by atoms with Gasteiger partial charge in [0.15, 0.2) is 0 Å². The Morgan fingerprint density at radius 3 is 2.69 bits per heavy atom. The van der Waals surface area contributed by atoms with Gasteiger partial charge in [-0.3, -0.25) is 4.79 Å². The van der Waals surface area contributed by atoms with Crippen molar-refractivity contribution in [1.29, 1.82) is 0 Å². The number of rotatable bonds is 5. The van der Waals surface area contributed by atoms with Gasteiger partial charge in [-0.1, -0.05) is 25.1 Å². The van der Waals surface area contributed by atoms with Crippen LogP contribution in [0, 0.1) is 11.7 Å². The Morgan fingerprint density at radius 1 is 1.21 bits per heavy atom. The molecule has 1 aliphatic rings. The Bertz CT molecular complexity index is 968. The van der Waals surface area contributed by atoms with Crippen molar-refractivity contribution < 1.29 is 9.18 Å². The molecule has 0 saturated carbocycles. The Labute approximate surface area is 169 Å². The summed E-state index contributed by atoms with van der Waals surface area (Å²) in [5, 5.41) is 11.2. The molecule has 5 nitrogen and oxygen atoms in total. The summed E-state index contributed by atoms with van der Waals surface area (Å²) in [6, 6.07) is 16.2. The quantitative estimate of drug-likeness (QED) is 0.700. The van der Waals surface area contributed by atoms with Gasteiger partial charge < -0.3 is 10.6 Å². The molecule has 2 aromatic carbocycles. The third kappa shape index (κ3) is 4.54. The average Bonchev–Trinajstić information content (AvgIpc) is 3.14. The number of para-hydroxylation sites is 1. The smallest absolute Gasteiger partial charge is 0.224 e. The molecule has 0 aliphatic carbocycles. The molecule has 2 atom stereocenters. The fourth-order valence-corrected chi connectivity index (χ4v) is 3.76. The number of aromatic nitrogens is 2. The number of nitrogens with zero attached hydrogens (tertiary/aromatic N) is 2. The summed E-state index contributed by atoms with van der Waals surface area (Å²) in [6.07, 6.45) is 3.05. The van der Waals surface area contributed by atoms with Gasteiger partial charge in [-0.15, -0.1) is 0 Å². The lowest BCUT2D eigenvalue weighted by molar-refractivity contribution is -0.121. The van der Waals surface area contributed by atoms with Crippen LogP contribution >= 0.6 is 0 Å². The molecule has 3 aromatic rings. The van der Waals surface area contributed by atoms with Crippen LogP contribution in [0.4, 0.5) is 4.39 Å². The predicted molar refractivity (Wildman–Crippen MR) is 111 cm³/mol. The lowest BCUT2D eigenvalue weighted by Crippen LogP contribution is -2.48. The first-order chi connectivity index (χ1) is 14.1. The molecule has 1 fully saturated rings. The minimum atomic E-state index is -0.296. The minimum Gasteiger partial charge on any atom is -0.353 e. The summed E-state index contributed by atoms with van der Waals surface area (Å²) < 4.78 is 15.2. The standard InChI is InChI=1S/C23H25FN4O/c1-16-14-25-12-11-21(16)26-22(29)13-18-15-28(20-5-3-2-4-6-20)27-23(18)17-7-9-19(24)10-8-17/h2-10,15-16,21,25H,11-14H2,1H3,(H,26,29). The minimum absolute atomic E-state index is 0.0141. The summed E-state index contributed by atoms with van der Waals surface area (Å²) in [6.45, 7) is 3.98. The van der Waals surface area contributed by atoms with Gasteiger partial charge in [-0.2, -0.15) is 5.10 Å². The molecule has 6 heteroatoms. The molecule has 2 heterocycles. The van der Waals surface area contributed by atoms with Gasteiger partial charge in [-0.05, 0) is 61.8 Å². The van der Waals surface area contributed by atoms with Gasteiger partial charge in [0.05, 0.1) is 17.8 Å². The number of amides is 1. The van der Waals surface area contributed by atoms with Crippen LogP contribution < -0.4 is 10.6 Å². The average molecular weight is 392 g/mol. The normalized spacial score (nSPS) is 19.1. The Kier molecular flexibility index (Phi) is 5.71. The number of carbonyl (C=O) groups is 1. The SMILES string of the molecule is CC1CNCCC1NC(=O)Cc1cn(-c2ccccc2)nc1-c1ccc(F)cc1. The van der Waals surface area contributed by atoms with Crippen LogP contribution in [0.1, 0.15) is 18.9 Å². The predicted octanol–water partition coefficient (Wildman–Crippen LogP) is 3.34. The fraction of sp³-hybridized carbons (Fsp3) is 0.304. The molecule has 4 rings (SSSR count). The molecule has 1 aliphatic heterocycles. The van der Waals surface area contributed by atoms with Crippen molar-refractivity contribution in [1.82, 2.24) is 20.4 Å². The topological polar surface area (TPSA) is 58.9 Å². The molecule has 29 heavy (non-hydrogen) atoms. The summed E-state index contributed by atoms with van der Waals surface area (Å²) in [5.41, 5.74) is 3.22. The monoisotopic (exact) mass is 392 g/mol. The van der Waals surface area contributed by atoms with E-state index in [9.17, 15) is 9.18 Å². The number of hydrogen-bond donors (Lipinski definition) is 2. The second-order valence-corrected chi connectivity index (χ2v) is 7.61. The summed E-state index contributed by atoms with van der Waals surface area (Å²) >= 11 is 0. The van der Waals surface area contributed by atoms with Gasteiger partial charge in [0.25, 0.3) is 0 Å². The Balaban J connectivity index is 1.61. The van der Waals surface area contributed by atoms with Crippen LogP contribution in [-0.4, -0.2) is 34.8 Å². The highest BCUT2D eigenvalue weighted by Gasteiger charge is 2.23. The van der Waals surface area contributed by atoms with Crippen LogP contribution in [0.25, 0.3) is 16.9 Å². The molecule has 150 valence electrons. The third-order valence-electron chi connectivity index (χ3n) is 5.41. The van der Waals surface area contributed by atoms with Crippen molar-refractivity contribution in [2.45, 2.75) is 25.8 Å². The van der Waals surface area contributed by atoms with E-state index in [4.69, 9.17) is 5.10 Å². The zero-order valence-corrected chi connectivity index (χ0v) is 16.4. The van der Waals surface area contributed by atoms with E-state index in [1.165, 1.54) is 12.1 Å². The number of nitrogens with one attached hydrogen (secondary N) is 2. The molecular formula is C23H25FN4O. The fourth-order valence-electron chi connectivity index (χ4n) is 3.76. The highest BCUT2D eigenvalue weighted by Crippen LogP contribution is 2.25. The van der Waals surface area contributed by atoms with Crippen LogP contribution in [-0.2, 0) is 11.2 Å². The molecule has 2 unspecified atom stereocenters. The lowest BCUT2D eigenvalue weighted by Gasteiger charge is -2.30. The maximum Gasteiger partial charge on any atom is 0.224 e. The summed E-state index contributed by atoms with van der Waals surface area (Å²) in [5.74, 6) is 0.0893. The Hall–Kier alpha value is -2.99. The maximum absolute atomic E-state index is 13.4. The Morgan fingerprint density at radius 2 is 1.97 bits per heavy atom. The molecule has 0 radical (unpaired) electrons. The first kappa shape index (κ1) is 19.3. The first-order valence-corrected chi connectivity index (χ1v) is 10.00. The third-order valence-corrected chi connectivity index (χ3v) is 5.41. The lowest BCUT2D eigenvalue weighted by atomic mass is 9.95. The molecule has 1 amide bonds. The molecule has 1 saturated heterocycles. The van der Waals surface area contributed by atoms with E-state index in [1.54, 1.807) is 16.8 Å². The van der Waals surface area contributed by atoms with E-state index in [0.717, 1.165) is 36.3 Å². The number of piperidine rings is 1. The maximum atomic E-state index is 13.4. The van der Waals surface area contributed by atoms with Crippen molar-refractivity contribution in [2.75, 3.05) is 13.1 Å². The number of hydrogen-bond acceptors (Lipinski definition) is 3. The molecule has 0 bridgehead atoms. The van der Waals surface area contributed by atoms with Crippen molar-refractivity contribution in [3.63, 3.8) is 0 Å². The van der Waals surface area contributed by atoms with E-state index in [2.05, 4.69) is 17.6 Å². The first-order valence-electron chi connectivity index (χ1n) is 10.00. The zero-order valence-electron chi connectivity index (χ0n) is 16.4. The van der Waals surface area contributed by atoms with E-state index >= 15 is 0 Å². The van der Waals surface area contributed by atoms with Gasteiger partial charge in [0.2, 0.25) is 5.91 Å². The number of carbonyl (C=O) groups excluding carboxylic acids is 1. The van der Waals surface area contributed by atoms with E-state index < -0.39 is 0 Å². The number of benzene rings is 2. The molecular weight excluding hydrogens is 367 g/mol. The zero-order chi connectivity index (χ0) is 20.2. The van der Waals surface area contributed by atoms with Crippen LogP contribution in [0.3, 0.4) is 0 Å². The summed E-state index contributed by atoms with van der Waals surface area (Å²) in [7, 11) is 0. The largest absolute Gasteiger partial charge is 0.353 e. The van der Waals surface area contributed by atoms with Crippen molar-refractivity contribution in [3.8, 4) is 16.9 Å². The van der Waals surface area contributed by atoms with Crippen molar-refractivity contribution >= 4 is 5.91 Å². The van der Waals surface area contributed by atoms with Gasteiger partial charge >= 0.3 is 0 Å². The summed E-state index contributed by atoms with van der Waals surface area (Å²) in [4.78, 5) is 12.8. The van der Waals surface area contributed by atoms with Gasteiger partial charge in [0, 0.05) is 23.4 Å². The van der Waals surface area contributed by atoms with Crippen molar-refractivity contribution in [3.05, 3.63) is 72.2 Å². The molecule has 1 aromatic heterocycles. The van der Waals surface area contributed by atoms with E-state index in [0.29, 0.717) is 11.6 Å². The van der Waals surface area contributed by atoms with Crippen molar-refractivity contribution in [2.24, 2.45) is 5.92 Å². The van der Waals surface area contributed by atoms with Crippen LogP contribution in [0.15, 0.2) is 60.8 Å².